The highest BCUT2D eigenvalue weighted by Crippen LogP contribution is 2.30. The van der Waals surface area contributed by atoms with Crippen LogP contribution in [0, 0.1) is 0 Å². The maximum atomic E-state index is 11.7. The summed E-state index contributed by atoms with van der Waals surface area (Å²) in [7, 11) is 0. The van der Waals surface area contributed by atoms with E-state index in [2.05, 4.69) is 40.0 Å². The molecule has 0 spiro atoms. The number of aliphatic carboxylic acids is 1. The second-order valence-corrected chi connectivity index (χ2v) is 6.33. The third-order valence-electron chi connectivity index (χ3n) is 3.70. The number of carboxylic acid groups (broad SMARTS) is 1. The Morgan fingerprint density at radius 3 is 2.52 bits per heavy atom. The molecular weight excluding hydrogens is 356 g/mol. The van der Waals surface area contributed by atoms with E-state index >= 15 is 0 Å². The van der Waals surface area contributed by atoms with E-state index in [4.69, 9.17) is 11.6 Å². The van der Waals surface area contributed by atoms with Gasteiger partial charge in [-0.15, -0.1) is 0 Å². The third kappa shape index (κ3) is 4.68. The van der Waals surface area contributed by atoms with Crippen LogP contribution < -0.4 is 5.32 Å². The molecule has 0 saturated heterocycles. The molecule has 0 fully saturated rings. The minimum absolute atomic E-state index is 0.435. The van der Waals surface area contributed by atoms with Crippen LogP contribution in [-0.4, -0.2) is 42.2 Å². The molecule has 2 N–H and O–H groups in total. The van der Waals surface area contributed by atoms with Crippen LogP contribution in [0.25, 0.3) is 0 Å². The smallest absolute Gasteiger partial charge is 0.328 e. The molecule has 1 aromatic carbocycles. The van der Waals surface area contributed by atoms with Crippen LogP contribution in [0.4, 0.5) is 0 Å². The highest BCUT2D eigenvalue weighted by Gasteiger charge is 2.36. The summed E-state index contributed by atoms with van der Waals surface area (Å²) in [6.45, 7) is 9.09. The van der Waals surface area contributed by atoms with Crippen molar-refractivity contribution in [2.24, 2.45) is 0 Å². The van der Waals surface area contributed by atoms with Gasteiger partial charge < -0.3 is 10.0 Å². The summed E-state index contributed by atoms with van der Waals surface area (Å²) in [5.74, 6) is -0.939. The van der Waals surface area contributed by atoms with Crippen molar-refractivity contribution in [1.82, 2.24) is 10.2 Å². The lowest BCUT2D eigenvalue weighted by Crippen LogP contribution is -2.49. The Labute approximate surface area is 139 Å². The van der Waals surface area contributed by atoms with Crippen molar-refractivity contribution in [2.75, 3.05) is 26.2 Å². The van der Waals surface area contributed by atoms with Gasteiger partial charge in [0.15, 0.2) is 0 Å². The van der Waals surface area contributed by atoms with Crippen molar-refractivity contribution >= 4 is 33.5 Å². The van der Waals surface area contributed by atoms with E-state index in [0.717, 1.165) is 24.1 Å². The van der Waals surface area contributed by atoms with Crippen LogP contribution in [0.5, 0.6) is 0 Å². The summed E-state index contributed by atoms with van der Waals surface area (Å²) in [5, 5.41) is 13.2. The van der Waals surface area contributed by atoms with Gasteiger partial charge in [0.2, 0.25) is 0 Å². The van der Waals surface area contributed by atoms with E-state index in [1.807, 2.05) is 0 Å². The van der Waals surface area contributed by atoms with Crippen molar-refractivity contribution in [3.8, 4) is 0 Å². The number of carboxylic acids is 1. The van der Waals surface area contributed by atoms with Gasteiger partial charge in [0.05, 0.1) is 0 Å². The molecule has 6 heteroatoms. The number of carbonyl (C=O) groups is 1. The molecule has 21 heavy (non-hydrogen) atoms. The zero-order chi connectivity index (χ0) is 16.0. The van der Waals surface area contributed by atoms with E-state index < -0.39 is 11.5 Å². The molecule has 0 aliphatic heterocycles. The first-order valence-corrected chi connectivity index (χ1v) is 8.18. The summed E-state index contributed by atoms with van der Waals surface area (Å²) in [5.41, 5.74) is -0.635. The number of rotatable bonds is 8. The molecule has 1 rings (SSSR count). The largest absolute Gasteiger partial charge is 0.480 e. The van der Waals surface area contributed by atoms with Gasteiger partial charge in [-0.05, 0) is 32.1 Å². The lowest BCUT2D eigenvalue weighted by molar-refractivity contribution is -0.144. The zero-order valence-electron chi connectivity index (χ0n) is 12.6. The van der Waals surface area contributed by atoms with Gasteiger partial charge >= 0.3 is 5.97 Å². The maximum Gasteiger partial charge on any atom is 0.328 e. The van der Waals surface area contributed by atoms with Crippen LogP contribution in [-0.2, 0) is 10.3 Å². The Balaban J connectivity index is 2.90. The number of likely N-dealkylation sites (N-methyl/N-ethyl adjacent to an activating group) is 1. The zero-order valence-corrected chi connectivity index (χ0v) is 15.0. The molecule has 118 valence electrons. The van der Waals surface area contributed by atoms with Gasteiger partial charge in [0, 0.05) is 28.1 Å². The average Bonchev–Trinajstić information content (AvgIpc) is 2.43. The van der Waals surface area contributed by atoms with Crippen molar-refractivity contribution in [3.63, 3.8) is 0 Å². The summed E-state index contributed by atoms with van der Waals surface area (Å²) in [6.07, 6.45) is 0. The fraction of sp³-hybridized carbons (Fsp3) is 0.533. The minimum Gasteiger partial charge on any atom is -0.480 e. The van der Waals surface area contributed by atoms with Gasteiger partial charge in [-0.25, -0.2) is 4.79 Å². The fourth-order valence-electron chi connectivity index (χ4n) is 2.18. The second kappa shape index (κ2) is 8.13. The lowest BCUT2D eigenvalue weighted by Gasteiger charge is -2.29. The van der Waals surface area contributed by atoms with Crippen molar-refractivity contribution < 1.29 is 9.90 Å². The van der Waals surface area contributed by atoms with Crippen LogP contribution in [0.1, 0.15) is 26.3 Å². The topological polar surface area (TPSA) is 52.6 Å². The monoisotopic (exact) mass is 376 g/mol. The molecule has 0 saturated carbocycles. The Bertz CT molecular complexity index is 495. The maximum absolute atomic E-state index is 11.7. The number of halogens is 2. The molecule has 1 atom stereocenters. The molecule has 0 radical (unpaired) electrons. The van der Waals surface area contributed by atoms with Crippen molar-refractivity contribution in [1.29, 1.82) is 0 Å². The third-order valence-corrected chi connectivity index (χ3v) is 4.50. The number of nitrogens with one attached hydrogen (secondary N) is 1. The number of hydrogen-bond acceptors (Lipinski definition) is 3. The predicted octanol–water partition coefficient (Wildman–Crippen LogP) is 3.33. The first-order valence-electron chi connectivity index (χ1n) is 7.01. The molecule has 0 amide bonds. The summed E-state index contributed by atoms with van der Waals surface area (Å²) >= 11 is 9.54. The first kappa shape index (κ1) is 18.4. The van der Waals surface area contributed by atoms with E-state index in [1.54, 1.807) is 25.1 Å². The summed E-state index contributed by atoms with van der Waals surface area (Å²) in [6, 6.07) is 5.25. The van der Waals surface area contributed by atoms with E-state index in [-0.39, 0.29) is 0 Å². The van der Waals surface area contributed by atoms with Gasteiger partial charge in [0.25, 0.3) is 0 Å². The Morgan fingerprint density at radius 2 is 2.05 bits per heavy atom. The number of nitrogens with zero attached hydrogens (tertiary/aromatic N) is 1. The number of hydrogen-bond donors (Lipinski definition) is 2. The van der Waals surface area contributed by atoms with E-state index in [0.29, 0.717) is 17.1 Å². The molecule has 0 aromatic heterocycles. The van der Waals surface area contributed by atoms with Gasteiger partial charge in [-0.3, -0.25) is 5.32 Å². The van der Waals surface area contributed by atoms with Crippen LogP contribution in [0.2, 0.25) is 5.02 Å². The van der Waals surface area contributed by atoms with Crippen LogP contribution >= 0.6 is 27.5 Å². The SMILES string of the molecule is CCN(CC)CCNC(C)(C(=O)O)c1ccc(Br)cc1Cl. The van der Waals surface area contributed by atoms with Gasteiger partial charge in [0.1, 0.15) is 5.54 Å². The minimum atomic E-state index is -1.20. The molecule has 4 nitrogen and oxygen atoms in total. The molecule has 0 heterocycles. The highest BCUT2D eigenvalue weighted by molar-refractivity contribution is 9.10. The lowest BCUT2D eigenvalue weighted by atomic mass is 9.92. The molecular formula is C15H22BrClN2O2. The number of benzene rings is 1. The standard InChI is InChI=1S/C15H22BrClN2O2/c1-4-19(5-2)9-8-18-15(3,14(20)21)12-7-6-11(16)10-13(12)17/h6-7,10,18H,4-5,8-9H2,1-3H3,(H,20,21). The molecule has 0 bridgehead atoms. The Morgan fingerprint density at radius 1 is 1.43 bits per heavy atom. The molecule has 1 aromatic rings. The summed E-state index contributed by atoms with van der Waals surface area (Å²) in [4.78, 5) is 14.0. The average molecular weight is 378 g/mol. The van der Waals surface area contributed by atoms with Gasteiger partial charge in [-0.2, -0.15) is 0 Å². The molecule has 0 aliphatic rings. The molecule has 1 unspecified atom stereocenters. The van der Waals surface area contributed by atoms with Crippen molar-refractivity contribution in [3.05, 3.63) is 33.3 Å². The van der Waals surface area contributed by atoms with Gasteiger partial charge in [-0.1, -0.05) is 47.4 Å². The predicted molar refractivity (Wildman–Crippen MR) is 89.9 cm³/mol. The van der Waals surface area contributed by atoms with E-state index in [9.17, 15) is 9.90 Å². The normalized spacial score (nSPS) is 14.2. The highest BCUT2D eigenvalue weighted by atomic mass is 79.9. The Hall–Kier alpha value is -0.620. The van der Waals surface area contributed by atoms with Crippen LogP contribution in [0.3, 0.4) is 0 Å². The van der Waals surface area contributed by atoms with Crippen molar-refractivity contribution in [2.45, 2.75) is 26.3 Å². The van der Waals surface area contributed by atoms with Crippen LogP contribution in [0.15, 0.2) is 22.7 Å². The fourth-order valence-corrected chi connectivity index (χ4v) is 3.05. The quantitative estimate of drug-likeness (QED) is 0.729. The molecule has 0 aliphatic carbocycles. The second-order valence-electron chi connectivity index (χ2n) is 5.01. The summed E-state index contributed by atoms with van der Waals surface area (Å²) < 4.78 is 0.826. The first-order chi connectivity index (χ1) is 9.85. The van der Waals surface area contributed by atoms with E-state index in [1.165, 1.54) is 0 Å². The Kier molecular flexibility index (Phi) is 7.13.